The van der Waals surface area contributed by atoms with E-state index in [1.807, 2.05) is 30.3 Å². The summed E-state index contributed by atoms with van der Waals surface area (Å²) in [7, 11) is 0. The molecule has 4 heteroatoms. The van der Waals surface area contributed by atoms with Crippen LogP contribution in [0.15, 0.2) is 48.5 Å². The SMILES string of the molecule is CC(C)(C)OOC(=O)c1ccc(CCCc2ccccc2)cc1N. The first kappa shape index (κ1) is 18.0. The van der Waals surface area contributed by atoms with Crippen LogP contribution in [0.1, 0.15) is 48.7 Å². The predicted molar refractivity (Wildman–Crippen MR) is 95.6 cm³/mol. The molecule has 2 rings (SSSR count). The minimum Gasteiger partial charge on any atom is -0.398 e. The summed E-state index contributed by atoms with van der Waals surface area (Å²) in [6.45, 7) is 5.42. The second-order valence-electron chi connectivity index (χ2n) is 6.83. The smallest absolute Gasteiger partial charge is 0.375 e. The van der Waals surface area contributed by atoms with Crippen LogP contribution in [0.5, 0.6) is 0 Å². The molecule has 2 aromatic carbocycles. The monoisotopic (exact) mass is 327 g/mol. The van der Waals surface area contributed by atoms with Crippen molar-refractivity contribution in [3.8, 4) is 0 Å². The summed E-state index contributed by atoms with van der Waals surface area (Å²) in [6.07, 6.45) is 2.96. The van der Waals surface area contributed by atoms with Gasteiger partial charge in [-0.15, -0.1) is 0 Å². The molecular weight excluding hydrogens is 302 g/mol. The number of hydrogen-bond acceptors (Lipinski definition) is 4. The van der Waals surface area contributed by atoms with Crippen molar-refractivity contribution in [2.45, 2.75) is 45.6 Å². The van der Waals surface area contributed by atoms with Crippen LogP contribution in [0.25, 0.3) is 0 Å². The van der Waals surface area contributed by atoms with Crippen LogP contribution in [0.2, 0.25) is 0 Å². The molecule has 0 aliphatic carbocycles. The quantitative estimate of drug-likeness (QED) is 0.487. The molecule has 0 heterocycles. The van der Waals surface area contributed by atoms with Crippen molar-refractivity contribution in [2.75, 3.05) is 5.73 Å². The molecule has 0 atom stereocenters. The summed E-state index contributed by atoms with van der Waals surface area (Å²) in [5, 5.41) is 0. The molecule has 0 bridgehead atoms. The number of nitrogens with two attached hydrogens (primary N) is 1. The summed E-state index contributed by atoms with van der Waals surface area (Å²) in [5.41, 5.74) is 8.60. The molecule has 0 unspecified atom stereocenters. The molecule has 0 amide bonds. The zero-order chi connectivity index (χ0) is 17.6. The standard InChI is InChI=1S/C20H25NO3/c1-20(2,3)24-23-19(22)17-13-12-16(14-18(17)21)11-7-10-15-8-5-4-6-9-15/h4-6,8-9,12-14H,7,10-11,21H2,1-3H3. The second kappa shape index (κ2) is 7.97. The highest BCUT2D eigenvalue weighted by Gasteiger charge is 2.18. The van der Waals surface area contributed by atoms with Gasteiger partial charge in [-0.05, 0) is 63.3 Å². The minimum atomic E-state index is -0.571. The van der Waals surface area contributed by atoms with Crippen LogP contribution < -0.4 is 5.73 Å². The van der Waals surface area contributed by atoms with Crippen LogP contribution in [0, 0.1) is 0 Å². The Labute approximate surface area is 143 Å². The average molecular weight is 327 g/mol. The first-order valence-corrected chi connectivity index (χ1v) is 8.17. The molecule has 4 nitrogen and oxygen atoms in total. The Kier molecular flexibility index (Phi) is 5.99. The zero-order valence-electron chi connectivity index (χ0n) is 14.5. The molecule has 0 fully saturated rings. The van der Waals surface area contributed by atoms with E-state index >= 15 is 0 Å². The van der Waals surface area contributed by atoms with E-state index in [-0.39, 0.29) is 0 Å². The summed E-state index contributed by atoms with van der Waals surface area (Å²) in [4.78, 5) is 21.9. The van der Waals surface area contributed by atoms with Crippen molar-refractivity contribution >= 4 is 11.7 Å². The molecule has 0 aliphatic rings. The van der Waals surface area contributed by atoms with E-state index in [9.17, 15) is 4.79 Å². The van der Waals surface area contributed by atoms with Crippen LogP contribution in [0.3, 0.4) is 0 Å². The van der Waals surface area contributed by atoms with Gasteiger partial charge in [-0.3, -0.25) is 4.89 Å². The van der Waals surface area contributed by atoms with Gasteiger partial charge in [-0.2, -0.15) is 4.89 Å². The molecule has 0 saturated heterocycles. The van der Waals surface area contributed by atoms with Gasteiger partial charge in [-0.25, -0.2) is 4.79 Å². The van der Waals surface area contributed by atoms with Crippen molar-refractivity contribution in [3.05, 3.63) is 65.2 Å². The van der Waals surface area contributed by atoms with Crippen molar-refractivity contribution in [1.29, 1.82) is 0 Å². The number of hydrogen-bond donors (Lipinski definition) is 1. The molecule has 0 aromatic heterocycles. The van der Waals surface area contributed by atoms with Crippen LogP contribution in [-0.4, -0.2) is 11.6 Å². The van der Waals surface area contributed by atoms with Gasteiger partial charge in [0.1, 0.15) is 5.60 Å². The highest BCUT2D eigenvalue weighted by atomic mass is 17.2. The van der Waals surface area contributed by atoms with Crippen molar-refractivity contribution in [1.82, 2.24) is 0 Å². The maximum absolute atomic E-state index is 12.0. The van der Waals surface area contributed by atoms with Crippen LogP contribution in [0.4, 0.5) is 5.69 Å². The van der Waals surface area contributed by atoms with Gasteiger partial charge in [0.05, 0.1) is 5.56 Å². The van der Waals surface area contributed by atoms with Crippen molar-refractivity contribution in [2.24, 2.45) is 0 Å². The Hall–Kier alpha value is -2.33. The van der Waals surface area contributed by atoms with Gasteiger partial charge < -0.3 is 5.73 Å². The van der Waals surface area contributed by atoms with E-state index in [1.54, 1.807) is 26.8 Å². The highest BCUT2D eigenvalue weighted by molar-refractivity contribution is 5.94. The fourth-order valence-electron chi connectivity index (χ4n) is 2.30. The zero-order valence-corrected chi connectivity index (χ0v) is 14.5. The Bertz CT molecular complexity index is 675. The number of aryl methyl sites for hydroxylation is 2. The number of carbonyl (C=O) groups is 1. The van der Waals surface area contributed by atoms with E-state index in [4.69, 9.17) is 15.5 Å². The Morgan fingerprint density at radius 2 is 1.67 bits per heavy atom. The van der Waals surface area contributed by atoms with E-state index in [0.717, 1.165) is 24.8 Å². The maximum Gasteiger partial charge on any atom is 0.375 e. The normalized spacial score (nSPS) is 11.3. The molecule has 128 valence electrons. The lowest BCUT2D eigenvalue weighted by atomic mass is 10.0. The van der Waals surface area contributed by atoms with E-state index < -0.39 is 11.6 Å². The first-order chi connectivity index (χ1) is 11.3. The third kappa shape index (κ3) is 5.70. The third-order valence-corrected chi connectivity index (χ3v) is 3.48. The van der Waals surface area contributed by atoms with Gasteiger partial charge in [0.15, 0.2) is 0 Å². The lowest BCUT2D eigenvalue weighted by Gasteiger charge is -2.17. The van der Waals surface area contributed by atoms with Crippen LogP contribution >= 0.6 is 0 Å². The summed E-state index contributed by atoms with van der Waals surface area (Å²) >= 11 is 0. The molecular formula is C20H25NO3. The Morgan fingerprint density at radius 3 is 2.29 bits per heavy atom. The number of anilines is 1. The molecule has 2 aromatic rings. The number of nitrogen functional groups attached to an aromatic ring is 1. The highest BCUT2D eigenvalue weighted by Crippen LogP contribution is 2.19. The number of benzene rings is 2. The van der Waals surface area contributed by atoms with E-state index in [2.05, 4.69) is 12.1 Å². The minimum absolute atomic E-state index is 0.325. The summed E-state index contributed by atoms with van der Waals surface area (Å²) in [6, 6.07) is 15.8. The van der Waals surface area contributed by atoms with Gasteiger partial charge in [0.25, 0.3) is 0 Å². The predicted octanol–water partition coefficient (Wildman–Crippen LogP) is 4.33. The molecule has 2 N–H and O–H groups in total. The summed E-state index contributed by atoms with van der Waals surface area (Å²) in [5.74, 6) is -0.571. The number of rotatable bonds is 6. The molecule has 0 spiro atoms. The van der Waals surface area contributed by atoms with Crippen LogP contribution in [-0.2, 0) is 22.6 Å². The van der Waals surface area contributed by atoms with Gasteiger partial charge in [-0.1, -0.05) is 36.4 Å². The van der Waals surface area contributed by atoms with Crippen molar-refractivity contribution in [3.63, 3.8) is 0 Å². The molecule has 0 radical (unpaired) electrons. The van der Waals surface area contributed by atoms with Crippen molar-refractivity contribution < 1.29 is 14.6 Å². The van der Waals surface area contributed by atoms with Gasteiger partial charge in [0, 0.05) is 5.69 Å². The lowest BCUT2D eigenvalue weighted by Crippen LogP contribution is -2.22. The maximum atomic E-state index is 12.0. The fraction of sp³-hybridized carbons (Fsp3) is 0.350. The Morgan fingerprint density at radius 1 is 1.00 bits per heavy atom. The second-order valence-corrected chi connectivity index (χ2v) is 6.83. The third-order valence-electron chi connectivity index (χ3n) is 3.48. The van der Waals surface area contributed by atoms with Gasteiger partial charge in [0.2, 0.25) is 0 Å². The van der Waals surface area contributed by atoms with Gasteiger partial charge >= 0.3 is 5.97 Å². The molecule has 0 saturated carbocycles. The van der Waals surface area contributed by atoms with E-state index in [0.29, 0.717) is 11.3 Å². The molecule has 24 heavy (non-hydrogen) atoms. The Balaban J connectivity index is 1.90. The fourth-order valence-corrected chi connectivity index (χ4v) is 2.30. The topological polar surface area (TPSA) is 61.5 Å². The number of carbonyl (C=O) groups excluding carboxylic acids is 1. The lowest BCUT2D eigenvalue weighted by molar-refractivity contribution is -0.301. The largest absolute Gasteiger partial charge is 0.398 e. The summed E-state index contributed by atoms with van der Waals surface area (Å²) < 4.78 is 0. The first-order valence-electron chi connectivity index (χ1n) is 8.17. The molecule has 0 aliphatic heterocycles. The average Bonchev–Trinajstić information content (AvgIpc) is 2.53. The van der Waals surface area contributed by atoms with E-state index in [1.165, 1.54) is 5.56 Å².